The summed E-state index contributed by atoms with van der Waals surface area (Å²) < 4.78 is 37.5. The Kier molecular flexibility index (Phi) is 8.64. The van der Waals surface area contributed by atoms with Gasteiger partial charge >= 0.3 is 0 Å². The maximum absolute atomic E-state index is 13.9. The van der Waals surface area contributed by atoms with Gasteiger partial charge < -0.3 is 14.6 Å². The fraction of sp³-hybridized carbons (Fsp3) is 0.400. The lowest BCUT2D eigenvalue weighted by molar-refractivity contribution is 0.00462. The van der Waals surface area contributed by atoms with E-state index >= 15 is 0 Å². The zero-order chi connectivity index (χ0) is 18.8. The fourth-order valence-electron chi connectivity index (χ4n) is 2.58. The van der Waals surface area contributed by atoms with Crippen LogP contribution in [-0.4, -0.2) is 49.5 Å². The summed E-state index contributed by atoms with van der Waals surface area (Å²) in [5.74, 6) is -1.20. The summed E-state index contributed by atoms with van der Waals surface area (Å²) in [5, 5.41) is 10.2. The topological polar surface area (TPSA) is 41.9 Å². The van der Waals surface area contributed by atoms with E-state index in [4.69, 9.17) is 9.47 Å². The van der Waals surface area contributed by atoms with Crippen LogP contribution < -0.4 is 0 Å². The molecule has 0 radical (unpaired) electrons. The van der Waals surface area contributed by atoms with Crippen molar-refractivity contribution in [3.05, 3.63) is 71.3 Å². The SMILES string of the molecule is COCCN(Cc1ccc(F)cc1F)C[C@@H](O)COCc1ccccc1. The Labute approximate surface area is 153 Å². The lowest BCUT2D eigenvalue weighted by Crippen LogP contribution is -2.36. The number of ether oxygens (including phenoxy) is 2. The van der Waals surface area contributed by atoms with Crippen LogP contribution in [0.4, 0.5) is 8.78 Å². The second kappa shape index (κ2) is 11.0. The van der Waals surface area contributed by atoms with E-state index in [1.807, 2.05) is 35.2 Å². The first-order valence-electron chi connectivity index (χ1n) is 8.53. The molecule has 0 amide bonds. The highest BCUT2D eigenvalue weighted by Gasteiger charge is 2.15. The largest absolute Gasteiger partial charge is 0.389 e. The number of benzene rings is 2. The monoisotopic (exact) mass is 365 g/mol. The van der Waals surface area contributed by atoms with E-state index in [-0.39, 0.29) is 13.2 Å². The van der Waals surface area contributed by atoms with E-state index in [0.717, 1.165) is 11.6 Å². The van der Waals surface area contributed by atoms with Gasteiger partial charge in [-0.1, -0.05) is 36.4 Å². The summed E-state index contributed by atoms with van der Waals surface area (Å²) in [6.07, 6.45) is -0.723. The van der Waals surface area contributed by atoms with Gasteiger partial charge in [-0.25, -0.2) is 8.78 Å². The number of aliphatic hydroxyl groups is 1. The number of nitrogens with zero attached hydrogens (tertiary/aromatic N) is 1. The van der Waals surface area contributed by atoms with Gasteiger partial charge in [-0.05, 0) is 11.6 Å². The van der Waals surface area contributed by atoms with Crippen molar-refractivity contribution in [2.24, 2.45) is 0 Å². The lowest BCUT2D eigenvalue weighted by atomic mass is 10.2. The smallest absolute Gasteiger partial charge is 0.130 e. The van der Waals surface area contributed by atoms with Crippen LogP contribution in [0.15, 0.2) is 48.5 Å². The van der Waals surface area contributed by atoms with Gasteiger partial charge in [-0.3, -0.25) is 4.90 Å². The van der Waals surface area contributed by atoms with Crippen molar-refractivity contribution in [3.63, 3.8) is 0 Å². The molecule has 1 atom stereocenters. The van der Waals surface area contributed by atoms with Gasteiger partial charge in [0.2, 0.25) is 0 Å². The van der Waals surface area contributed by atoms with Gasteiger partial charge in [0, 0.05) is 38.4 Å². The Bertz CT molecular complexity index is 655. The van der Waals surface area contributed by atoms with Gasteiger partial charge in [0.1, 0.15) is 11.6 Å². The summed E-state index contributed by atoms with van der Waals surface area (Å²) in [7, 11) is 1.58. The molecule has 0 fully saturated rings. The summed E-state index contributed by atoms with van der Waals surface area (Å²) in [5.41, 5.74) is 1.41. The molecule has 0 aliphatic carbocycles. The van der Waals surface area contributed by atoms with E-state index in [1.54, 1.807) is 7.11 Å². The number of rotatable bonds is 11. The Morgan fingerprint density at radius 3 is 2.58 bits per heavy atom. The minimum Gasteiger partial charge on any atom is -0.389 e. The molecule has 0 aliphatic heterocycles. The predicted molar refractivity (Wildman–Crippen MR) is 95.6 cm³/mol. The minimum absolute atomic E-state index is 0.171. The molecule has 6 heteroatoms. The van der Waals surface area contributed by atoms with Gasteiger partial charge in [0.15, 0.2) is 0 Å². The van der Waals surface area contributed by atoms with Crippen LogP contribution in [0.25, 0.3) is 0 Å². The number of hydrogen-bond acceptors (Lipinski definition) is 4. The number of methoxy groups -OCH3 is 1. The summed E-state index contributed by atoms with van der Waals surface area (Å²) in [6, 6.07) is 13.2. The van der Waals surface area contributed by atoms with Crippen molar-refractivity contribution in [2.75, 3.05) is 33.4 Å². The van der Waals surface area contributed by atoms with Crippen LogP contribution in [0, 0.1) is 11.6 Å². The van der Waals surface area contributed by atoms with Crippen LogP contribution >= 0.6 is 0 Å². The molecule has 0 aromatic heterocycles. The molecule has 142 valence electrons. The molecule has 2 aromatic rings. The predicted octanol–water partition coefficient (Wildman–Crippen LogP) is 2.99. The first-order valence-corrected chi connectivity index (χ1v) is 8.53. The number of hydrogen-bond donors (Lipinski definition) is 1. The van der Waals surface area contributed by atoms with E-state index in [1.165, 1.54) is 12.1 Å². The molecule has 0 heterocycles. The van der Waals surface area contributed by atoms with Gasteiger partial charge in [0.25, 0.3) is 0 Å². The zero-order valence-electron chi connectivity index (χ0n) is 14.9. The third-order valence-electron chi connectivity index (χ3n) is 3.91. The summed E-state index contributed by atoms with van der Waals surface area (Å²) >= 11 is 0. The van der Waals surface area contributed by atoms with Crippen molar-refractivity contribution < 1.29 is 23.4 Å². The van der Waals surface area contributed by atoms with Gasteiger partial charge in [-0.2, -0.15) is 0 Å². The Hall–Kier alpha value is -1.86. The molecule has 1 N–H and O–H groups in total. The van der Waals surface area contributed by atoms with Crippen LogP contribution in [0.5, 0.6) is 0 Å². The minimum atomic E-state index is -0.723. The van der Waals surface area contributed by atoms with E-state index < -0.39 is 17.7 Å². The fourth-order valence-corrected chi connectivity index (χ4v) is 2.58. The quantitative estimate of drug-likeness (QED) is 0.665. The third-order valence-corrected chi connectivity index (χ3v) is 3.91. The molecule has 0 aliphatic rings. The Morgan fingerprint density at radius 1 is 1.12 bits per heavy atom. The van der Waals surface area contributed by atoms with Crippen LogP contribution in [-0.2, 0) is 22.6 Å². The molecule has 0 spiro atoms. The zero-order valence-corrected chi connectivity index (χ0v) is 14.9. The van der Waals surface area contributed by atoms with Crippen LogP contribution in [0.3, 0.4) is 0 Å². The molecule has 2 aromatic carbocycles. The Morgan fingerprint density at radius 2 is 1.88 bits per heavy atom. The number of aliphatic hydroxyl groups excluding tert-OH is 1. The van der Waals surface area contributed by atoms with E-state index in [9.17, 15) is 13.9 Å². The highest BCUT2D eigenvalue weighted by molar-refractivity contribution is 5.18. The van der Waals surface area contributed by atoms with Crippen molar-refractivity contribution in [1.82, 2.24) is 4.90 Å². The second-order valence-corrected chi connectivity index (χ2v) is 6.12. The summed E-state index contributed by atoms with van der Waals surface area (Å²) in [6.45, 7) is 2.11. The molecule has 0 bridgehead atoms. The highest BCUT2D eigenvalue weighted by Crippen LogP contribution is 2.13. The van der Waals surface area contributed by atoms with E-state index in [2.05, 4.69) is 0 Å². The summed E-state index contributed by atoms with van der Waals surface area (Å²) in [4.78, 5) is 1.86. The standard InChI is InChI=1S/C20H25F2NO3/c1-25-10-9-23(12-17-7-8-18(21)11-20(17)22)13-19(24)15-26-14-16-5-3-2-4-6-16/h2-8,11,19,24H,9-10,12-15H2,1H3/t19-/m1/s1. The molecule has 0 unspecified atom stereocenters. The average molecular weight is 365 g/mol. The highest BCUT2D eigenvalue weighted by atomic mass is 19.1. The third kappa shape index (κ3) is 7.17. The van der Waals surface area contributed by atoms with Crippen molar-refractivity contribution in [1.29, 1.82) is 0 Å². The first kappa shape index (κ1) is 20.5. The van der Waals surface area contributed by atoms with Crippen molar-refractivity contribution >= 4 is 0 Å². The molecule has 2 rings (SSSR count). The van der Waals surface area contributed by atoms with Crippen molar-refractivity contribution in [2.45, 2.75) is 19.3 Å². The molecular formula is C20H25F2NO3. The Balaban J connectivity index is 1.85. The average Bonchev–Trinajstić information content (AvgIpc) is 2.63. The maximum Gasteiger partial charge on any atom is 0.130 e. The van der Waals surface area contributed by atoms with Crippen LogP contribution in [0.2, 0.25) is 0 Å². The second-order valence-electron chi connectivity index (χ2n) is 6.12. The molecule has 26 heavy (non-hydrogen) atoms. The molecular weight excluding hydrogens is 340 g/mol. The van der Waals surface area contributed by atoms with Gasteiger partial charge in [0.05, 0.1) is 25.9 Å². The van der Waals surface area contributed by atoms with Crippen LogP contribution in [0.1, 0.15) is 11.1 Å². The normalized spacial score (nSPS) is 12.5. The lowest BCUT2D eigenvalue weighted by Gasteiger charge is -2.25. The first-order chi connectivity index (χ1) is 12.6. The molecule has 0 saturated carbocycles. The molecule has 0 saturated heterocycles. The maximum atomic E-state index is 13.9. The van der Waals surface area contributed by atoms with Crippen molar-refractivity contribution in [3.8, 4) is 0 Å². The molecule has 4 nitrogen and oxygen atoms in total. The number of halogens is 2. The van der Waals surface area contributed by atoms with Gasteiger partial charge in [-0.15, -0.1) is 0 Å². The van der Waals surface area contributed by atoms with E-state index in [0.29, 0.717) is 31.9 Å².